The van der Waals surface area contributed by atoms with Crippen molar-refractivity contribution in [3.63, 3.8) is 0 Å². The van der Waals surface area contributed by atoms with E-state index in [4.69, 9.17) is 9.47 Å². The Morgan fingerprint density at radius 2 is 1.54 bits per heavy atom. The average molecular weight is 327 g/mol. The number of methoxy groups -OCH3 is 2. The van der Waals surface area contributed by atoms with Crippen LogP contribution in [0.15, 0.2) is 42.5 Å². The van der Waals surface area contributed by atoms with Crippen molar-refractivity contribution in [2.45, 2.75) is 5.79 Å². The number of benzene rings is 1. The minimum absolute atomic E-state index is 0.294. The van der Waals surface area contributed by atoms with Crippen LogP contribution in [-0.4, -0.2) is 37.6 Å². The van der Waals surface area contributed by atoms with E-state index < -0.39 is 29.5 Å². The Hall–Kier alpha value is -2.31. The SMILES string of the molecule is COC1(OC)C(=O)C2C=CC1C1C(=O)N(c3ccccc3)C(=O)C21. The van der Waals surface area contributed by atoms with Crippen molar-refractivity contribution in [2.75, 3.05) is 19.1 Å². The predicted octanol–water partition coefficient (Wildman–Crippen LogP) is 1.17. The molecule has 6 nitrogen and oxygen atoms in total. The predicted molar refractivity (Wildman–Crippen MR) is 83.8 cm³/mol. The van der Waals surface area contributed by atoms with Crippen LogP contribution in [0.4, 0.5) is 5.69 Å². The minimum Gasteiger partial charge on any atom is -0.346 e. The number of anilines is 1. The molecule has 2 fully saturated rings. The molecule has 2 amide bonds. The molecule has 1 heterocycles. The Kier molecular flexibility index (Phi) is 3.23. The number of allylic oxidation sites excluding steroid dienone is 1. The summed E-state index contributed by atoms with van der Waals surface area (Å²) in [6, 6.07) is 8.78. The zero-order valence-electron chi connectivity index (χ0n) is 13.3. The van der Waals surface area contributed by atoms with Crippen molar-refractivity contribution in [3.05, 3.63) is 42.5 Å². The summed E-state index contributed by atoms with van der Waals surface area (Å²) in [6.45, 7) is 0. The topological polar surface area (TPSA) is 72.9 Å². The van der Waals surface area contributed by atoms with E-state index in [0.29, 0.717) is 5.69 Å². The Morgan fingerprint density at radius 3 is 2.17 bits per heavy atom. The summed E-state index contributed by atoms with van der Waals surface area (Å²) in [5.41, 5.74) is 0.522. The van der Waals surface area contributed by atoms with Crippen LogP contribution in [0.5, 0.6) is 0 Å². The monoisotopic (exact) mass is 327 g/mol. The molecule has 0 spiro atoms. The van der Waals surface area contributed by atoms with Gasteiger partial charge in [0.15, 0.2) is 5.78 Å². The molecule has 0 radical (unpaired) electrons. The zero-order chi connectivity index (χ0) is 17.1. The van der Waals surface area contributed by atoms with Gasteiger partial charge >= 0.3 is 0 Å². The van der Waals surface area contributed by atoms with Crippen LogP contribution < -0.4 is 4.90 Å². The maximum atomic E-state index is 13.0. The standard InChI is InChI=1S/C18H17NO5/c1-23-18(24-2)12-9-8-11(15(18)20)13-14(12)17(22)19(16(13)21)10-6-4-3-5-7-10/h3-9,11-14H,1-2H3. The molecule has 3 aliphatic carbocycles. The summed E-state index contributed by atoms with van der Waals surface area (Å²) in [7, 11) is 2.78. The second-order valence-electron chi connectivity index (χ2n) is 6.28. The fraction of sp³-hybridized carbons (Fsp3) is 0.389. The molecule has 4 aliphatic rings. The van der Waals surface area contributed by atoms with Gasteiger partial charge in [0.25, 0.3) is 0 Å². The molecular formula is C18H17NO5. The molecule has 1 saturated heterocycles. The molecule has 1 aliphatic heterocycles. The molecule has 124 valence electrons. The summed E-state index contributed by atoms with van der Waals surface area (Å²) in [6.07, 6.45) is 3.49. The third kappa shape index (κ3) is 1.64. The highest BCUT2D eigenvalue weighted by molar-refractivity contribution is 6.24. The molecule has 4 unspecified atom stereocenters. The normalized spacial score (nSPS) is 33.2. The van der Waals surface area contributed by atoms with Crippen molar-refractivity contribution in [3.8, 4) is 0 Å². The van der Waals surface area contributed by atoms with Crippen LogP contribution in [0.3, 0.4) is 0 Å². The lowest BCUT2D eigenvalue weighted by Crippen LogP contribution is -2.63. The summed E-state index contributed by atoms with van der Waals surface area (Å²) in [4.78, 5) is 39.9. The highest BCUT2D eigenvalue weighted by atomic mass is 16.7. The maximum absolute atomic E-state index is 13.0. The van der Waals surface area contributed by atoms with E-state index in [2.05, 4.69) is 0 Å². The van der Waals surface area contributed by atoms with Crippen LogP contribution in [0.2, 0.25) is 0 Å². The van der Waals surface area contributed by atoms with Crippen LogP contribution in [0.1, 0.15) is 0 Å². The summed E-state index contributed by atoms with van der Waals surface area (Å²) in [5.74, 6) is -5.07. The van der Waals surface area contributed by atoms with Crippen LogP contribution >= 0.6 is 0 Å². The van der Waals surface area contributed by atoms with Gasteiger partial charge in [-0.2, -0.15) is 0 Å². The Bertz CT molecular complexity index is 752. The zero-order valence-corrected chi connectivity index (χ0v) is 13.3. The second-order valence-corrected chi connectivity index (χ2v) is 6.28. The molecular weight excluding hydrogens is 310 g/mol. The van der Waals surface area contributed by atoms with Crippen molar-refractivity contribution >= 4 is 23.3 Å². The van der Waals surface area contributed by atoms with E-state index in [1.54, 1.807) is 36.4 Å². The second kappa shape index (κ2) is 5.09. The molecule has 1 aromatic carbocycles. The van der Waals surface area contributed by atoms with E-state index in [0.717, 1.165) is 0 Å². The molecule has 2 bridgehead atoms. The number of rotatable bonds is 3. The smallest absolute Gasteiger partial charge is 0.238 e. The van der Waals surface area contributed by atoms with Crippen LogP contribution in [-0.2, 0) is 23.9 Å². The average Bonchev–Trinajstić information content (AvgIpc) is 2.89. The minimum atomic E-state index is -1.50. The molecule has 0 N–H and O–H groups in total. The van der Waals surface area contributed by atoms with E-state index in [-0.39, 0.29) is 17.6 Å². The number of hydrogen-bond acceptors (Lipinski definition) is 5. The number of carbonyl (C=O) groups is 3. The van der Waals surface area contributed by atoms with Crippen molar-refractivity contribution < 1.29 is 23.9 Å². The quantitative estimate of drug-likeness (QED) is 0.473. The highest BCUT2D eigenvalue weighted by Gasteiger charge is 2.69. The van der Waals surface area contributed by atoms with Gasteiger partial charge < -0.3 is 9.47 Å². The van der Waals surface area contributed by atoms with E-state index >= 15 is 0 Å². The lowest BCUT2D eigenvalue weighted by Gasteiger charge is -2.48. The third-order valence-corrected chi connectivity index (χ3v) is 5.40. The number of para-hydroxylation sites is 1. The lowest BCUT2D eigenvalue weighted by atomic mass is 9.59. The number of ether oxygens (including phenoxy) is 2. The van der Waals surface area contributed by atoms with E-state index in [1.165, 1.54) is 19.1 Å². The molecule has 24 heavy (non-hydrogen) atoms. The third-order valence-electron chi connectivity index (χ3n) is 5.40. The highest BCUT2D eigenvalue weighted by Crippen LogP contribution is 2.53. The largest absolute Gasteiger partial charge is 0.346 e. The molecule has 6 heteroatoms. The van der Waals surface area contributed by atoms with Gasteiger partial charge in [-0.05, 0) is 12.1 Å². The number of carbonyl (C=O) groups excluding carboxylic acids is 3. The Balaban J connectivity index is 1.82. The van der Waals surface area contributed by atoms with Crippen LogP contribution in [0, 0.1) is 23.7 Å². The van der Waals surface area contributed by atoms with Crippen LogP contribution in [0.25, 0.3) is 0 Å². The van der Waals surface area contributed by atoms with Gasteiger partial charge in [-0.1, -0.05) is 30.4 Å². The van der Waals surface area contributed by atoms with E-state index in [9.17, 15) is 14.4 Å². The van der Waals surface area contributed by atoms with Gasteiger partial charge in [0.1, 0.15) is 0 Å². The first-order valence-electron chi connectivity index (χ1n) is 7.82. The summed E-state index contributed by atoms with van der Waals surface area (Å²) in [5, 5.41) is 0. The molecule has 5 rings (SSSR count). The van der Waals surface area contributed by atoms with Gasteiger partial charge in [-0.25, -0.2) is 0 Å². The lowest BCUT2D eigenvalue weighted by molar-refractivity contribution is -0.245. The van der Waals surface area contributed by atoms with Gasteiger partial charge in [-0.15, -0.1) is 0 Å². The first-order chi connectivity index (χ1) is 11.6. The van der Waals surface area contributed by atoms with Gasteiger partial charge in [0.05, 0.1) is 29.4 Å². The summed E-state index contributed by atoms with van der Waals surface area (Å²) < 4.78 is 10.8. The first-order valence-corrected chi connectivity index (χ1v) is 7.82. The fourth-order valence-corrected chi connectivity index (χ4v) is 4.35. The molecule has 1 saturated carbocycles. The van der Waals surface area contributed by atoms with Gasteiger partial charge in [-0.3, -0.25) is 19.3 Å². The number of Topliss-reactive ketones (excluding diaryl/α,β-unsaturated/α-hetero) is 1. The Labute approximate surface area is 139 Å². The fourth-order valence-electron chi connectivity index (χ4n) is 4.35. The molecule has 1 aromatic rings. The van der Waals surface area contributed by atoms with Crippen molar-refractivity contribution in [1.29, 1.82) is 0 Å². The molecule has 4 atom stereocenters. The maximum Gasteiger partial charge on any atom is 0.238 e. The number of amides is 2. The number of nitrogens with zero attached hydrogens (tertiary/aromatic N) is 1. The van der Waals surface area contributed by atoms with Gasteiger partial charge in [0, 0.05) is 14.2 Å². The van der Waals surface area contributed by atoms with E-state index in [1.807, 2.05) is 6.07 Å². The van der Waals surface area contributed by atoms with Gasteiger partial charge in [0.2, 0.25) is 17.6 Å². The summed E-state index contributed by atoms with van der Waals surface area (Å²) >= 11 is 0. The molecule has 0 aromatic heterocycles. The number of imide groups is 1. The number of ketones is 1. The van der Waals surface area contributed by atoms with Crippen molar-refractivity contribution in [1.82, 2.24) is 0 Å². The Morgan fingerprint density at radius 1 is 0.917 bits per heavy atom. The number of hydrogen-bond donors (Lipinski definition) is 0. The van der Waals surface area contributed by atoms with Crippen molar-refractivity contribution in [2.24, 2.45) is 23.7 Å². The number of fused-ring (bicyclic) bond motifs is 1. The first kappa shape index (κ1) is 15.2.